The third-order valence-corrected chi connectivity index (χ3v) is 5.80. The second-order valence-electron chi connectivity index (χ2n) is 6.76. The molecule has 0 saturated carbocycles. The first-order valence-corrected chi connectivity index (χ1v) is 10.0. The molecule has 1 amide bonds. The van der Waals surface area contributed by atoms with E-state index in [1.54, 1.807) is 11.3 Å². The Morgan fingerprint density at radius 2 is 2.00 bits per heavy atom. The zero-order valence-electron chi connectivity index (χ0n) is 16.0. The summed E-state index contributed by atoms with van der Waals surface area (Å²) in [5, 5.41) is 15.0. The third-order valence-electron chi connectivity index (χ3n) is 4.80. The van der Waals surface area contributed by atoms with Gasteiger partial charge in [0.05, 0.1) is 17.7 Å². The molecule has 7 nitrogen and oxygen atoms in total. The molecule has 0 saturated heterocycles. The number of hydrazone groups is 1. The highest BCUT2D eigenvalue weighted by molar-refractivity contribution is 7.99. The van der Waals surface area contributed by atoms with Crippen molar-refractivity contribution in [1.29, 1.82) is 0 Å². The lowest BCUT2D eigenvalue weighted by Crippen LogP contribution is -2.28. The summed E-state index contributed by atoms with van der Waals surface area (Å²) in [7, 11) is 1.89. The highest BCUT2D eigenvalue weighted by Crippen LogP contribution is 2.34. The molecule has 1 aliphatic rings. The lowest BCUT2D eigenvalue weighted by atomic mass is 10.0. The van der Waals surface area contributed by atoms with E-state index in [0.717, 1.165) is 22.9 Å². The Morgan fingerprint density at radius 3 is 2.64 bits per heavy atom. The number of aromatic nitrogens is 3. The topological polar surface area (TPSA) is 76.5 Å². The van der Waals surface area contributed by atoms with Gasteiger partial charge in [-0.2, -0.15) is 5.10 Å². The highest BCUT2D eigenvalue weighted by atomic mass is 32.2. The smallest absolute Gasteiger partial charge is 0.253 e. The summed E-state index contributed by atoms with van der Waals surface area (Å²) < 4.78 is 7.45. The molecule has 1 atom stereocenters. The Balaban J connectivity index is 1.56. The van der Waals surface area contributed by atoms with Crippen LogP contribution in [0.1, 0.15) is 35.2 Å². The molecule has 0 unspecified atom stereocenters. The van der Waals surface area contributed by atoms with E-state index in [2.05, 4.69) is 27.4 Å². The molecule has 1 aromatic carbocycles. The Labute approximate surface area is 167 Å². The Morgan fingerprint density at radius 1 is 1.21 bits per heavy atom. The Bertz CT molecular complexity index is 1010. The molecule has 144 valence electrons. The van der Waals surface area contributed by atoms with Gasteiger partial charge in [0.2, 0.25) is 0 Å². The van der Waals surface area contributed by atoms with Crippen molar-refractivity contribution in [1.82, 2.24) is 19.8 Å². The van der Waals surface area contributed by atoms with Gasteiger partial charge in [-0.3, -0.25) is 4.79 Å². The maximum Gasteiger partial charge on any atom is 0.253 e. The minimum absolute atomic E-state index is 0.0887. The van der Waals surface area contributed by atoms with Crippen LogP contribution in [0.5, 0.6) is 0 Å². The molecule has 8 heteroatoms. The molecule has 0 spiro atoms. The van der Waals surface area contributed by atoms with Crippen LogP contribution in [-0.2, 0) is 11.8 Å². The fourth-order valence-corrected chi connectivity index (χ4v) is 3.88. The van der Waals surface area contributed by atoms with Crippen molar-refractivity contribution in [3.63, 3.8) is 0 Å². The van der Waals surface area contributed by atoms with E-state index in [1.807, 2.05) is 49.7 Å². The molecule has 3 heterocycles. The van der Waals surface area contributed by atoms with Crippen molar-refractivity contribution in [3.8, 4) is 0 Å². The molecule has 0 radical (unpaired) electrons. The lowest BCUT2D eigenvalue weighted by molar-refractivity contribution is -0.130. The van der Waals surface area contributed by atoms with Gasteiger partial charge in [0, 0.05) is 13.5 Å². The molecule has 0 aliphatic carbocycles. The summed E-state index contributed by atoms with van der Waals surface area (Å²) >= 11 is 1.36. The standard InChI is InChI=1S/C20H21N5O2S/c1-13-6-8-15(9-7-13)16-11-17(18-5-4-10-27-18)25(23-16)19(26)12-28-20-22-21-14(2)24(20)3/h4-10,17H,11-12H2,1-3H3/t17-/m1/s1. The minimum atomic E-state index is -0.236. The van der Waals surface area contributed by atoms with E-state index in [1.165, 1.54) is 17.3 Å². The van der Waals surface area contributed by atoms with E-state index in [-0.39, 0.29) is 17.7 Å². The maximum absolute atomic E-state index is 13.0. The van der Waals surface area contributed by atoms with E-state index < -0.39 is 0 Å². The molecule has 3 aromatic rings. The average Bonchev–Trinajstić information content (AvgIpc) is 3.42. The summed E-state index contributed by atoms with van der Waals surface area (Å²) in [4.78, 5) is 13.0. The van der Waals surface area contributed by atoms with Gasteiger partial charge in [-0.25, -0.2) is 5.01 Å². The van der Waals surface area contributed by atoms with Gasteiger partial charge in [-0.15, -0.1) is 10.2 Å². The van der Waals surface area contributed by atoms with Crippen molar-refractivity contribution in [2.45, 2.75) is 31.5 Å². The molecule has 28 heavy (non-hydrogen) atoms. The SMILES string of the molecule is Cc1ccc(C2=NN(C(=O)CSc3nnc(C)n3C)[C@@H](c3ccco3)C2)cc1. The van der Waals surface area contributed by atoms with Crippen LogP contribution in [-0.4, -0.2) is 37.1 Å². The van der Waals surface area contributed by atoms with Crippen LogP contribution in [0, 0.1) is 13.8 Å². The minimum Gasteiger partial charge on any atom is -0.467 e. The predicted octanol–water partition coefficient (Wildman–Crippen LogP) is 3.49. The van der Waals surface area contributed by atoms with Crippen LogP contribution in [0.2, 0.25) is 0 Å². The monoisotopic (exact) mass is 395 g/mol. The number of benzene rings is 1. The van der Waals surface area contributed by atoms with Gasteiger partial charge in [-0.05, 0) is 31.5 Å². The number of nitrogens with zero attached hydrogens (tertiary/aromatic N) is 5. The number of thioether (sulfide) groups is 1. The van der Waals surface area contributed by atoms with E-state index in [4.69, 9.17) is 4.42 Å². The number of aryl methyl sites for hydroxylation is 2. The number of amides is 1. The number of furan rings is 1. The molecule has 0 fully saturated rings. The first-order valence-electron chi connectivity index (χ1n) is 9.01. The quantitative estimate of drug-likeness (QED) is 0.618. The number of hydrogen-bond acceptors (Lipinski definition) is 6. The molecule has 0 N–H and O–H groups in total. The van der Waals surface area contributed by atoms with Crippen LogP contribution in [0.4, 0.5) is 0 Å². The number of carbonyl (C=O) groups is 1. The number of carbonyl (C=O) groups excluding carboxylic acids is 1. The molecular weight excluding hydrogens is 374 g/mol. The molecule has 4 rings (SSSR count). The van der Waals surface area contributed by atoms with Crippen LogP contribution >= 0.6 is 11.8 Å². The van der Waals surface area contributed by atoms with Gasteiger partial charge in [0.1, 0.15) is 17.6 Å². The average molecular weight is 395 g/mol. The zero-order chi connectivity index (χ0) is 19.7. The van der Waals surface area contributed by atoms with E-state index in [9.17, 15) is 4.79 Å². The normalized spacial score (nSPS) is 16.5. The van der Waals surface area contributed by atoms with Crippen molar-refractivity contribution in [3.05, 3.63) is 65.4 Å². The summed E-state index contributed by atoms with van der Waals surface area (Å²) in [5.74, 6) is 1.69. The van der Waals surface area contributed by atoms with E-state index in [0.29, 0.717) is 11.6 Å². The van der Waals surface area contributed by atoms with Crippen LogP contribution in [0.25, 0.3) is 0 Å². The Hall–Kier alpha value is -2.87. The lowest BCUT2D eigenvalue weighted by Gasteiger charge is -2.19. The second kappa shape index (κ2) is 7.63. The number of hydrogen-bond donors (Lipinski definition) is 0. The second-order valence-corrected chi connectivity index (χ2v) is 7.71. The van der Waals surface area contributed by atoms with E-state index >= 15 is 0 Å². The molecular formula is C20H21N5O2S. The van der Waals surface area contributed by atoms with Gasteiger partial charge in [-0.1, -0.05) is 41.6 Å². The van der Waals surface area contributed by atoms with Crippen LogP contribution in [0.15, 0.2) is 57.3 Å². The summed E-state index contributed by atoms with van der Waals surface area (Å²) in [6, 6.07) is 11.7. The van der Waals surface area contributed by atoms with Gasteiger partial charge in [0.25, 0.3) is 5.91 Å². The van der Waals surface area contributed by atoms with Crippen molar-refractivity contribution >= 4 is 23.4 Å². The largest absolute Gasteiger partial charge is 0.467 e. The van der Waals surface area contributed by atoms with Crippen molar-refractivity contribution in [2.24, 2.45) is 12.1 Å². The molecule has 1 aliphatic heterocycles. The fraction of sp³-hybridized carbons (Fsp3) is 0.300. The Kier molecular flexibility index (Phi) is 5.04. The van der Waals surface area contributed by atoms with Crippen molar-refractivity contribution < 1.29 is 9.21 Å². The molecule has 0 bridgehead atoms. The summed E-state index contributed by atoms with van der Waals surface area (Å²) in [5.41, 5.74) is 3.09. The first-order chi connectivity index (χ1) is 13.5. The number of rotatable bonds is 5. The van der Waals surface area contributed by atoms with Gasteiger partial charge in [0.15, 0.2) is 5.16 Å². The highest BCUT2D eigenvalue weighted by Gasteiger charge is 2.34. The summed E-state index contributed by atoms with van der Waals surface area (Å²) in [6.45, 7) is 3.93. The zero-order valence-corrected chi connectivity index (χ0v) is 16.8. The predicted molar refractivity (Wildman–Crippen MR) is 107 cm³/mol. The molecule has 2 aromatic heterocycles. The van der Waals surface area contributed by atoms with Gasteiger partial charge < -0.3 is 8.98 Å². The van der Waals surface area contributed by atoms with Crippen molar-refractivity contribution in [2.75, 3.05) is 5.75 Å². The van der Waals surface area contributed by atoms with Gasteiger partial charge >= 0.3 is 0 Å². The maximum atomic E-state index is 13.0. The van der Waals surface area contributed by atoms with Crippen LogP contribution < -0.4 is 0 Å². The third kappa shape index (κ3) is 3.60. The van der Waals surface area contributed by atoms with Crippen LogP contribution in [0.3, 0.4) is 0 Å². The first kappa shape index (κ1) is 18.5. The fourth-order valence-electron chi connectivity index (χ4n) is 3.07. The summed E-state index contributed by atoms with van der Waals surface area (Å²) in [6.07, 6.45) is 2.25.